The summed E-state index contributed by atoms with van der Waals surface area (Å²) in [6.07, 6.45) is 3.06. The van der Waals surface area contributed by atoms with Gasteiger partial charge in [-0.25, -0.2) is 18.1 Å². The zero-order chi connectivity index (χ0) is 18.0. The van der Waals surface area contributed by atoms with Gasteiger partial charge in [-0.2, -0.15) is 9.40 Å². The van der Waals surface area contributed by atoms with Crippen LogP contribution in [0, 0.1) is 0 Å². The number of aromatic nitrogens is 3. The Morgan fingerprint density at radius 1 is 1.12 bits per heavy atom. The predicted molar refractivity (Wildman–Crippen MR) is 96.2 cm³/mol. The maximum atomic E-state index is 12.8. The van der Waals surface area contributed by atoms with Crippen LogP contribution in [0.2, 0.25) is 5.02 Å². The molecule has 0 aliphatic rings. The van der Waals surface area contributed by atoms with E-state index in [4.69, 9.17) is 11.6 Å². The fourth-order valence-electron chi connectivity index (χ4n) is 2.47. The molecule has 0 N–H and O–H groups in total. The minimum absolute atomic E-state index is 0.102. The number of sulfonamides is 1. The highest BCUT2D eigenvalue weighted by Crippen LogP contribution is 2.29. The minimum Gasteiger partial charge on any atom is -0.223 e. The Bertz CT molecular complexity index is 957. The Hall–Kier alpha value is -2.22. The molecule has 0 bridgehead atoms. The van der Waals surface area contributed by atoms with Gasteiger partial charge in [0.15, 0.2) is 0 Å². The molecule has 1 atom stereocenters. The van der Waals surface area contributed by atoms with E-state index in [0.717, 1.165) is 11.3 Å². The van der Waals surface area contributed by atoms with Gasteiger partial charge in [-0.1, -0.05) is 35.9 Å². The molecule has 0 amide bonds. The van der Waals surface area contributed by atoms with Crippen LogP contribution >= 0.6 is 11.6 Å². The molecule has 8 heteroatoms. The van der Waals surface area contributed by atoms with Gasteiger partial charge >= 0.3 is 0 Å². The highest BCUT2D eigenvalue weighted by atomic mass is 35.5. The Balaban J connectivity index is 1.87. The largest absolute Gasteiger partial charge is 0.244 e. The summed E-state index contributed by atoms with van der Waals surface area (Å²) >= 11 is 6.06. The van der Waals surface area contributed by atoms with Crippen molar-refractivity contribution in [2.24, 2.45) is 0 Å². The third kappa shape index (κ3) is 3.44. The third-order valence-corrected chi connectivity index (χ3v) is 6.53. The van der Waals surface area contributed by atoms with Gasteiger partial charge in [-0.05, 0) is 36.8 Å². The van der Waals surface area contributed by atoms with Crippen molar-refractivity contribution in [3.05, 3.63) is 71.8 Å². The fraction of sp³-hybridized carbons (Fsp3) is 0.176. The molecular formula is C17H17ClN4O2S. The summed E-state index contributed by atoms with van der Waals surface area (Å²) in [4.78, 5) is 4.01. The van der Waals surface area contributed by atoms with Gasteiger partial charge in [-0.15, -0.1) is 0 Å². The van der Waals surface area contributed by atoms with Crippen molar-refractivity contribution in [3.8, 4) is 5.69 Å². The molecule has 0 saturated heterocycles. The summed E-state index contributed by atoms with van der Waals surface area (Å²) in [6.45, 7) is 1.83. The van der Waals surface area contributed by atoms with Crippen LogP contribution in [0.5, 0.6) is 0 Å². The molecule has 1 heterocycles. The first-order valence-corrected chi connectivity index (χ1v) is 9.40. The summed E-state index contributed by atoms with van der Waals surface area (Å²) in [5, 5.41) is 4.28. The summed E-state index contributed by atoms with van der Waals surface area (Å²) in [6, 6.07) is 13.6. The maximum Gasteiger partial charge on any atom is 0.244 e. The van der Waals surface area contributed by atoms with Crippen LogP contribution in [0.25, 0.3) is 5.69 Å². The number of rotatable bonds is 5. The first-order chi connectivity index (χ1) is 11.9. The van der Waals surface area contributed by atoms with Crippen LogP contribution in [0.3, 0.4) is 0 Å². The standard InChI is InChI=1S/C17H17ClN4O2S/c1-13(14-7-9-15(10-8-14)22-12-19-11-20-22)21(2)25(23,24)17-6-4-3-5-16(17)18/h3-13H,1-2H3/t13-/m0/s1. The SMILES string of the molecule is C[C@@H](c1ccc(-n2cncn2)cc1)N(C)S(=O)(=O)c1ccccc1Cl. The number of hydrogen-bond acceptors (Lipinski definition) is 4. The predicted octanol–water partition coefficient (Wildman–Crippen LogP) is 3.30. The van der Waals surface area contributed by atoms with Crippen LogP contribution in [0.1, 0.15) is 18.5 Å². The average Bonchev–Trinajstić information content (AvgIpc) is 3.15. The van der Waals surface area contributed by atoms with E-state index >= 15 is 0 Å². The number of hydrogen-bond donors (Lipinski definition) is 0. The first kappa shape index (κ1) is 17.6. The molecule has 25 heavy (non-hydrogen) atoms. The molecule has 130 valence electrons. The molecule has 0 unspecified atom stereocenters. The second kappa shape index (κ2) is 6.95. The Kier molecular flexibility index (Phi) is 4.89. The molecular weight excluding hydrogens is 360 g/mol. The van der Waals surface area contributed by atoms with Crippen molar-refractivity contribution in [3.63, 3.8) is 0 Å². The van der Waals surface area contributed by atoms with E-state index in [9.17, 15) is 8.42 Å². The topological polar surface area (TPSA) is 68.1 Å². The van der Waals surface area contributed by atoms with E-state index in [0.29, 0.717) is 0 Å². The number of nitrogens with zero attached hydrogens (tertiary/aromatic N) is 4. The monoisotopic (exact) mass is 376 g/mol. The van der Waals surface area contributed by atoms with Crippen molar-refractivity contribution in [2.45, 2.75) is 17.9 Å². The van der Waals surface area contributed by atoms with Crippen LogP contribution in [-0.2, 0) is 10.0 Å². The average molecular weight is 377 g/mol. The molecule has 0 aliphatic heterocycles. The van der Waals surface area contributed by atoms with Gasteiger partial charge in [0.05, 0.1) is 10.7 Å². The lowest BCUT2D eigenvalue weighted by Gasteiger charge is -2.25. The van der Waals surface area contributed by atoms with Gasteiger partial charge in [0.1, 0.15) is 17.6 Å². The zero-order valence-corrected chi connectivity index (χ0v) is 15.3. The lowest BCUT2D eigenvalue weighted by atomic mass is 10.1. The Morgan fingerprint density at radius 3 is 2.40 bits per heavy atom. The Labute approximate surface area is 151 Å². The molecule has 1 aromatic heterocycles. The van der Waals surface area contributed by atoms with Crippen LogP contribution in [0.15, 0.2) is 66.1 Å². The van der Waals surface area contributed by atoms with Gasteiger partial charge in [-0.3, -0.25) is 0 Å². The molecule has 2 aromatic carbocycles. The second-order valence-electron chi connectivity index (χ2n) is 5.56. The van der Waals surface area contributed by atoms with Gasteiger partial charge < -0.3 is 0 Å². The van der Waals surface area contributed by atoms with E-state index in [1.165, 1.54) is 16.7 Å². The van der Waals surface area contributed by atoms with E-state index in [1.807, 2.05) is 31.2 Å². The van der Waals surface area contributed by atoms with Crippen LogP contribution in [0.4, 0.5) is 0 Å². The second-order valence-corrected chi connectivity index (χ2v) is 7.93. The lowest BCUT2D eigenvalue weighted by Crippen LogP contribution is -2.30. The number of benzene rings is 2. The highest BCUT2D eigenvalue weighted by Gasteiger charge is 2.28. The molecule has 3 rings (SSSR count). The van der Waals surface area contributed by atoms with Crippen molar-refractivity contribution in [1.82, 2.24) is 19.1 Å². The van der Waals surface area contributed by atoms with Gasteiger partial charge in [0.25, 0.3) is 0 Å². The normalized spacial score (nSPS) is 13.1. The van der Waals surface area contributed by atoms with E-state index in [-0.39, 0.29) is 16.0 Å². The van der Waals surface area contributed by atoms with Crippen LogP contribution in [-0.4, -0.2) is 34.5 Å². The molecule has 0 radical (unpaired) electrons. The molecule has 0 aliphatic carbocycles. The molecule has 0 fully saturated rings. The quantitative estimate of drug-likeness (QED) is 0.685. The highest BCUT2D eigenvalue weighted by molar-refractivity contribution is 7.89. The summed E-state index contributed by atoms with van der Waals surface area (Å²) in [7, 11) is -2.15. The van der Waals surface area contributed by atoms with Crippen molar-refractivity contribution < 1.29 is 8.42 Å². The Morgan fingerprint density at radius 2 is 1.80 bits per heavy atom. The number of halogens is 1. The van der Waals surface area contributed by atoms with Gasteiger partial charge in [0.2, 0.25) is 10.0 Å². The van der Waals surface area contributed by atoms with E-state index in [2.05, 4.69) is 10.1 Å². The van der Waals surface area contributed by atoms with Crippen molar-refractivity contribution in [1.29, 1.82) is 0 Å². The van der Waals surface area contributed by atoms with Gasteiger partial charge in [0, 0.05) is 13.1 Å². The first-order valence-electron chi connectivity index (χ1n) is 7.59. The molecule has 0 spiro atoms. The van der Waals surface area contributed by atoms with Crippen molar-refractivity contribution >= 4 is 21.6 Å². The maximum absolute atomic E-state index is 12.8. The zero-order valence-electron chi connectivity index (χ0n) is 13.7. The summed E-state index contributed by atoms with van der Waals surface area (Å²) < 4.78 is 28.6. The summed E-state index contributed by atoms with van der Waals surface area (Å²) in [5.74, 6) is 0. The minimum atomic E-state index is -3.70. The third-order valence-electron chi connectivity index (χ3n) is 4.10. The summed E-state index contributed by atoms with van der Waals surface area (Å²) in [5.41, 5.74) is 1.71. The van der Waals surface area contributed by atoms with Crippen LogP contribution < -0.4 is 0 Å². The van der Waals surface area contributed by atoms with E-state index in [1.54, 1.807) is 36.3 Å². The molecule has 0 saturated carbocycles. The van der Waals surface area contributed by atoms with E-state index < -0.39 is 10.0 Å². The molecule has 3 aromatic rings. The smallest absolute Gasteiger partial charge is 0.223 e. The fourth-order valence-corrected chi connectivity index (χ4v) is 4.32. The van der Waals surface area contributed by atoms with Crippen molar-refractivity contribution in [2.75, 3.05) is 7.05 Å². The molecule has 6 nitrogen and oxygen atoms in total. The lowest BCUT2D eigenvalue weighted by molar-refractivity contribution is 0.398.